The summed E-state index contributed by atoms with van der Waals surface area (Å²) in [5, 5.41) is 26.4. The third-order valence-electron chi connectivity index (χ3n) is 0.694. The molecule has 0 rings (SSSR count). The summed E-state index contributed by atoms with van der Waals surface area (Å²) in [6, 6.07) is 0. The molecule has 137 valence electrons. The maximum atomic E-state index is 10.5. The van der Waals surface area contributed by atoms with Crippen molar-refractivity contribution in [3.8, 4) is 0 Å². The Morgan fingerprint density at radius 3 is 0.545 bits per heavy atom. The van der Waals surface area contributed by atoms with Crippen LogP contribution in [-0.4, -0.2) is 36.4 Å². The zero-order valence-corrected chi connectivity index (χ0v) is 10.6. The maximum absolute atomic E-state index is 10.5. The number of halogens is 9. The molecule has 0 aromatic carbocycles. The second-order valence-electron chi connectivity index (χ2n) is 2.36. The SMILES string of the molecule is O=C([O-])C(F)(F)F.O=C([O-])C(F)(F)F.O=C([O-])C(F)(F)F.[Ag]. The second kappa shape index (κ2) is 10.3. The molecule has 0 saturated carbocycles. The zero-order valence-electron chi connectivity index (χ0n) is 9.15. The van der Waals surface area contributed by atoms with E-state index < -0.39 is 36.4 Å². The van der Waals surface area contributed by atoms with E-state index in [9.17, 15) is 39.5 Å². The van der Waals surface area contributed by atoms with Gasteiger partial charge in [0.15, 0.2) is 0 Å². The molecule has 0 heterocycles. The fraction of sp³-hybridized carbons (Fsp3) is 0.500. The third-order valence-corrected chi connectivity index (χ3v) is 0.694. The van der Waals surface area contributed by atoms with Gasteiger partial charge in [-0.05, 0) is 0 Å². The number of carbonyl (C=O) groups excluding carboxylic acids is 3. The standard InChI is InChI=1S/3C2HF3O2.Ag/c3*3-2(4,5)1(6)7;/h3*(H,6,7);/p-3. The number of carboxylic acid groups (broad SMARTS) is 3. The molecule has 0 unspecified atom stereocenters. The van der Waals surface area contributed by atoms with Gasteiger partial charge in [0.05, 0.1) is 0 Å². The predicted octanol–water partition coefficient (Wildman–Crippen LogP) is -2.11. The van der Waals surface area contributed by atoms with Gasteiger partial charge in [-0.1, -0.05) is 0 Å². The molecule has 1 radical (unpaired) electrons. The van der Waals surface area contributed by atoms with Gasteiger partial charge < -0.3 is 29.7 Å². The Morgan fingerprint density at radius 2 is 0.545 bits per heavy atom. The van der Waals surface area contributed by atoms with Gasteiger partial charge in [-0.25, -0.2) is 0 Å². The molecule has 6 nitrogen and oxygen atoms in total. The van der Waals surface area contributed by atoms with Gasteiger partial charge in [0.1, 0.15) is 17.9 Å². The van der Waals surface area contributed by atoms with Crippen LogP contribution in [0.2, 0.25) is 0 Å². The van der Waals surface area contributed by atoms with Gasteiger partial charge in [0.2, 0.25) is 0 Å². The number of alkyl halides is 9. The van der Waals surface area contributed by atoms with Crippen LogP contribution in [0.25, 0.3) is 0 Å². The summed E-state index contributed by atoms with van der Waals surface area (Å²) in [4.78, 5) is 26.4. The number of hydrogen-bond donors (Lipinski definition) is 0. The van der Waals surface area contributed by atoms with Crippen LogP contribution in [-0.2, 0) is 36.8 Å². The molecular formula is C6AgF9O6-3. The average molecular weight is 447 g/mol. The van der Waals surface area contributed by atoms with Gasteiger partial charge in [-0.2, -0.15) is 39.5 Å². The number of rotatable bonds is 0. The Morgan fingerprint density at radius 1 is 0.500 bits per heavy atom. The van der Waals surface area contributed by atoms with E-state index in [0.29, 0.717) is 0 Å². The van der Waals surface area contributed by atoms with Crippen LogP contribution in [0, 0.1) is 0 Å². The van der Waals surface area contributed by atoms with Crippen LogP contribution in [0.3, 0.4) is 0 Å². The third kappa shape index (κ3) is 20.8. The molecule has 0 atom stereocenters. The van der Waals surface area contributed by atoms with Crippen LogP contribution in [0.15, 0.2) is 0 Å². The zero-order chi connectivity index (χ0) is 18.2. The summed E-state index contributed by atoms with van der Waals surface area (Å²) >= 11 is 0. The van der Waals surface area contributed by atoms with E-state index in [1.165, 1.54) is 0 Å². The fourth-order valence-electron chi connectivity index (χ4n) is 0. The van der Waals surface area contributed by atoms with Crippen molar-refractivity contribution in [3.05, 3.63) is 0 Å². The Bertz CT molecular complexity index is 313. The van der Waals surface area contributed by atoms with E-state index in [-0.39, 0.29) is 22.4 Å². The summed E-state index contributed by atoms with van der Waals surface area (Å²) in [5.74, 6) is -9.02. The minimum atomic E-state index is -5.19. The van der Waals surface area contributed by atoms with Crippen LogP contribution < -0.4 is 15.3 Å². The van der Waals surface area contributed by atoms with Crippen molar-refractivity contribution in [3.63, 3.8) is 0 Å². The Balaban J connectivity index is -0.000000108. The topological polar surface area (TPSA) is 120 Å². The molecule has 0 aliphatic rings. The van der Waals surface area contributed by atoms with E-state index in [1.54, 1.807) is 0 Å². The number of carboxylic acids is 3. The normalized spacial score (nSPS) is 10.8. The number of hydrogen-bond acceptors (Lipinski definition) is 6. The minimum Gasteiger partial charge on any atom is -0.542 e. The van der Waals surface area contributed by atoms with Crippen LogP contribution in [0.5, 0.6) is 0 Å². The summed E-state index contributed by atoms with van der Waals surface area (Å²) in [6.45, 7) is 0. The molecule has 0 N–H and O–H groups in total. The molecule has 0 saturated heterocycles. The monoisotopic (exact) mass is 446 g/mol. The Labute approximate surface area is 129 Å². The first kappa shape index (κ1) is 28.6. The molecule has 22 heavy (non-hydrogen) atoms. The first-order valence-corrected chi connectivity index (χ1v) is 3.68. The predicted molar refractivity (Wildman–Crippen MR) is 33.2 cm³/mol. The van der Waals surface area contributed by atoms with E-state index >= 15 is 0 Å². The second-order valence-corrected chi connectivity index (χ2v) is 2.36. The first-order chi connectivity index (χ1) is 8.83. The summed E-state index contributed by atoms with van der Waals surface area (Å²) < 4.78 is 94.6. The maximum Gasteiger partial charge on any atom is 0.430 e. The summed E-state index contributed by atoms with van der Waals surface area (Å²) in [6.07, 6.45) is -15.6. The molecule has 0 fully saturated rings. The quantitative estimate of drug-likeness (QED) is 0.310. The largest absolute Gasteiger partial charge is 0.542 e. The average Bonchev–Trinajstić information content (AvgIpc) is 2.14. The molecule has 0 aromatic rings. The molecule has 0 spiro atoms. The minimum absolute atomic E-state index is 0. The molecule has 0 bridgehead atoms. The van der Waals surface area contributed by atoms with Crippen LogP contribution in [0.4, 0.5) is 39.5 Å². The Hall–Kier alpha value is -1.48. The van der Waals surface area contributed by atoms with Crippen molar-refractivity contribution >= 4 is 17.9 Å². The van der Waals surface area contributed by atoms with E-state index in [2.05, 4.69) is 0 Å². The smallest absolute Gasteiger partial charge is 0.430 e. The molecule has 16 heteroatoms. The van der Waals surface area contributed by atoms with Crippen molar-refractivity contribution < 1.29 is 91.6 Å². The molecule has 0 aliphatic carbocycles. The van der Waals surface area contributed by atoms with Gasteiger partial charge >= 0.3 is 18.5 Å². The van der Waals surface area contributed by atoms with E-state index in [0.717, 1.165) is 0 Å². The molecule has 0 aliphatic heterocycles. The fourth-order valence-corrected chi connectivity index (χ4v) is 0. The molecule has 0 amide bonds. The Kier molecular flexibility index (Phi) is 13.4. The van der Waals surface area contributed by atoms with Crippen molar-refractivity contribution in [2.75, 3.05) is 0 Å². The van der Waals surface area contributed by atoms with Crippen molar-refractivity contribution in [1.29, 1.82) is 0 Å². The van der Waals surface area contributed by atoms with Gasteiger partial charge in [0, 0.05) is 22.4 Å². The van der Waals surface area contributed by atoms with E-state index in [4.69, 9.17) is 29.7 Å². The molecular weight excluding hydrogens is 447 g/mol. The van der Waals surface area contributed by atoms with Gasteiger partial charge in [0.25, 0.3) is 0 Å². The van der Waals surface area contributed by atoms with Crippen molar-refractivity contribution in [2.45, 2.75) is 18.5 Å². The van der Waals surface area contributed by atoms with Gasteiger partial charge in [-0.15, -0.1) is 0 Å². The van der Waals surface area contributed by atoms with Crippen LogP contribution >= 0.6 is 0 Å². The van der Waals surface area contributed by atoms with Crippen LogP contribution in [0.1, 0.15) is 0 Å². The van der Waals surface area contributed by atoms with E-state index in [1.807, 2.05) is 0 Å². The van der Waals surface area contributed by atoms with Gasteiger partial charge in [-0.3, -0.25) is 0 Å². The summed E-state index contributed by atoms with van der Waals surface area (Å²) in [5.41, 5.74) is 0. The number of carbonyl (C=O) groups is 3. The van der Waals surface area contributed by atoms with Crippen molar-refractivity contribution in [2.24, 2.45) is 0 Å². The van der Waals surface area contributed by atoms with Crippen molar-refractivity contribution in [1.82, 2.24) is 0 Å². The summed E-state index contributed by atoms with van der Waals surface area (Å²) in [7, 11) is 0. The number of aliphatic carboxylic acids is 3. The molecule has 0 aromatic heterocycles. The first-order valence-electron chi connectivity index (χ1n) is 3.68.